The zero-order valence-corrected chi connectivity index (χ0v) is 18.9. The molecule has 1 amide bonds. The molecule has 0 saturated heterocycles. The van der Waals surface area contributed by atoms with Crippen LogP contribution in [0.5, 0.6) is 0 Å². The fourth-order valence-electron chi connectivity index (χ4n) is 4.20. The Morgan fingerprint density at radius 2 is 1.72 bits per heavy atom. The average molecular weight is 429 g/mol. The van der Waals surface area contributed by atoms with E-state index in [2.05, 4.69) is 12.1 Å². The van der Waals surface area contributed by atoms with Gasteiger partial charge in [-0.05, 0) is 95.8 Å². The largest absolute Gasteiger partial charge is 0.366 e. The van der Waals surface area contributed by atoms with Crippen molar-refractivity contribution >= 4 is 34.2 Å². The number of ketones is 1. The van der Waals surface area contributed by atoms with E-state index in [1.807, 2.05) is 56.3 Å². The summed E-state index contributed by atoms with van der Waals surface area (Å²) in [4.78, 5) is 35.6. The van der Waals surface area contributed by atoms with Crippen LogP contribution in [0.4, 0.5) is 5.69 Å². The molecule has 3 aromatic carbocycles. The SMILES string of the molecule is C/C(=C\c1cc(C(N)=O)ccc1C)C(=O)CC[C@@H](C)c1c(C)cc(N=O)c2ccccc12. The molecule has 32 heavy (non-hydrogen) atoms. The highest BCUT2D eigenvalue weighted by atomic mass is 16.3. The van der Waals surface area contributed by atoms with Gasteiger partial charge in [0, 0.05) is 17.4 Å². The van der Waals surface area contributed by atoms with Gasteiger partial charge in [-0.3, -0.25) is 9.59 Å². The molecule has 0 aliphatic heterocycles. The highest BCUT2D eigenvalue weighted by Gasteiger charge is 2.17. The van der Waals surface area contributed by atoms with Gasteiger partial charge in [0.25, 0.3) is 0 Å². The Balaban J connectivity index is 1.80. The first kappa shape index (κ1) is 23.1. The van der Waals surface area contributed by atoms with Gasteiger partial charge in [-0.15, -0.1) is 4.91 Å². The molecular weight excluding hydrogens is 400 g/mol. The van der Waals surface area contributed by atoms with Gasteiger partial charge < -0.3 is 5.73 Å². The number of hydrogen-bond acceptors (Lipinski definition) is 4. The van der Waals surface area contributed by atoms with Crippen LogP contribution in [0.25, 0.3) is 16.8 Å². The summed E-state index contributed by atoms with van der Waals surface area (Å²) in [6, 6.07) is 14.8. The van der Waals surface area contributed by atoms with Crippen LogP contribution >= 0.6 is 0 Å². The van der Waals surface area contributed by atoms with Crippen LogP contribution < -0.4 is 5.73 Å². The summed E-state index contributed by atoms with van der Waals surface area (Å²) < 4.78 is 0. The van der Waals surface area contributed by atoms with E-state index in [4.69, 9.17) is 5.73 Å². The maximum atomic E-state index is 12.8. The number of allylic oxidation sites excluding steroid dienone is 1. The number of carbonyl (C=O) groups excluding carboxylic acids is 2. The zero-order valence-electron chi connectivity index (χ0n) is 18.9. The smallest absolute Gasteiger partial charge is 0.248 e. The number of hydrogen-bond donors (Lipinski definition) is 1. The van der Waals surface area contributed by atoms with Gasteiger partial charge in [-0.2, -0.15) is 0 Å². The second-order valence-electron chi connectivity index (χ2n) is 8.39. The Morgan fingerprint density at radius 3 is 2.38 bits per heavy atom. The summed E-state index contributed by atoms with van der Waals surface area (Å²) in [7, 11) is 0. The summed E-state index contributed by atoms with van der Waals surface area (Å²) in [5.74, 6) is -0.290. The topological polar surface area (TPSA) is 89.6 Å². The first-order valence-electron chi connectivity index (χ1n) is 10.7. The van der Waals surface area contributed by atoms with Crippen molar-refractivity contribution in [1.29, 1.82) is 0 Å². The van der Waals surface area contributed by atoms with E-state index < -0.39 is 5.91 Å². The normalized spacial score (nSPS) is 12.6. The van der Waals surface area contributed by atoms with Gasteiger partial charge in [0.1, 0.15) is 5.69 Å². The number of primary amides is 1. The lowest BCUT2D eigenvalue weighted by molar-refractivity contribution is -0.115. The predicted molar refractivity (Wildman–Crippen MR) is 130 cm³/mol. The lowest BCUT2D eigenvalue weighted by Gasteiger charge is -2.18. The predicted octanol–water partition coefficient (Wildman–Crippen LogP) is 6.51. The molecule has 1 atom stereocenters. The average Bonchev–Trinajstić information content (AvgIpc) is 2.77. The highest BCUT2D eigenvalue weighted by Crippen LogP contribution is 2.37. The molecule has 164 valence electrons. The van der Waals surface area contributed by atoms with Crippen molar-refractivity contribution in [3.8, 4) is 0 Å². The van der Waals surface area contributed by atoms with Gasteiger partial charge in [0.15, 0.2) is 5.78 Å². The van der Waals surface area contributed by atoms with Gasteiger partial charge in [0.05, 0.1) is 0 Å². The molecule has 0 heterocycles. The van der Waals surface area contributed by atoms with E-state index in [0.717, 1.165) is 33.0 Å². The maximum absolute atomic E-state index is 12.8. The van der Waals surface area contributed by atoms with E-state index in [-0.39, 0.29) is 11.7 Å². The number of benzene rings is 3. The van der Waals surface area contributed by atoms with Crippen molar-refractivity contribution in [3.63, 3.8) is 0 Å². The summed E-state index contributed by atoms with van der Waals surface area (Å²) in [5.41, 5.74) is 10.8. The first-order chi connectivity index (χ1) is 15.2. The lowest BCUT2D eigenvalue weighted by Crippen LogP contribution is -2.11. The van der Waals surface area contributed by atoms with Gasteiger partial charge in [-0.1, -0.05) is 37.3 Å². The summed E-state index contributed by atoms with van der Waals surface area (Å²) in [6.45, 7) is 7.82. The molecular formula is C27H28N2O3. The molecule has 3 aromatic rings. The van der Waals surface area contributed by atoms with Crippen LogP contribution in [0, 0.1) is 18.8 Å². The fourth-order valence-corrected chi connectivity index (χ4v) is 4.20. The van der Waals surface area contributed by atoms with Crippen molar-refractivity contribution in [2.45, 2.75) is 46.5 Å². The third kappa shape index (κ3) is 4.83. The fraction of sp³-hybridized carbons (Fsp3) is 0.259. The van der Waals surface area contributed by atoms with E-state index in [9.17, 15) is 14.5 Å². The summed E-state index contributed by atoms with van der Waals surface area (Å²) in [5, 5.41) is 5.02. The minimum Gasteiger partial charge on any atom is -0.366 e. The van der Waals surface area contributed by atoms with Crippen LogP contribution in [0.15, 0.2) is 59.3 Å². The Morgan fingerprint density at radius 1 is 1.03 bits per heavy atom. The van der Waals surface area contributed by atoms with Crippen molar-refractivity contribution in [2.24, 2.45) is 10.9 Å². The molecule has 2 N–H and O–H groups in total. The summed E-state index contributed by atoms with van der Waals surface area (Å²) in [6.07, 6.45) is 2.91. The van der Waals surface area contributed by atoms with E-state index in [1.165, 1.54) is 0 Å². The van der Waals surface area contributed by atoms with Gasteiger partial charge in [-0.25, -0.2) is 0 Å². The van der Waals surface area contributed by atoms with Crippen molar-refractivity contribution < 1.29 is 9.59 Å². The Hall–Kier alpha value is -3.60. The number of Topliss-reactive ketones (excluding diaryl/α,β-unsaturated/α-hetero) is 1. The zero-order chi connectivity index (χ0) is 23.4. The third-order valence-electron chi connectivity index (χ3n) is 6.04. The number of fused-ring (bicyclic) bond motifs is 1. The van der Waals surface area contributed by atoms with Crippen LogP contribution in [-0.2, 0) is 4.79 Å². The maximum Gasteiger partial charge on any atom is 0.248 e. The highest BCUT2D eigenvalue weighted by molar-refractivity contribution is 6.00. The number of nitroso groups, excluding NO2 is 1. The van der Waals surface area contributed by atoms with Crippen LogP contribution in [-0.4, -0.2) is 11.7 Å². The quantitative estimate of drug-likeness (QED) is 0.327. The molecule has 0 spiro atoms. The Bertz CT molecular complexity index is 1240. The number of nitrogens with zero attached hydrogens (tertiary/aromatic N) is 1. The van der Waals surface area contributed by atoms with Crippen LogP contribution in [0.1, 0.15) is 65.2 Å². The number of carbonyl (C=O) groups is 2. The van der Waals surface area contributed by atoms with Crippen molar-refractivity contribution in [3.05, 3.63) is 86.8 Å². The van der Waals surface area contributed by atoms with Crippen molar-refractivity contribution in [1.82, 2.24) is 0 Å². The Kier molecular flexibility index (Phi) is 6.98. The standard InChI is InChI=1S/C27H28N2O3/c1-16-9-11-20(27(28)31)15-21(16)13-18(3)25(30)12-10-17(2)26-19(4)14-24(29-32)22-7-5-6-8-23(22)26/h5-9,11,13-15,17H,10,12H2,1-4H3,(H2,28,31)/b18-13+/t17-/m1/s1. The second-order valence-corrected chi connectivity index (χ2v) is 8.39. The molecule has 0 fully saturated rings. The Labute approximate surface area is 188 Å². The molecule has 0 unspecified atom stereocenters. The molecule has 0 saturated carbocycles. The third-order valence-corrected chi connectivity index (χ3v) is 6.04. The minimum atomic E-state index is -0.490. The van der Waals surface area contributed by atoms with E-state index in [0.29, 0.717) is 29.7 Å². The van der Waals surface area contributed by atoms with E-state index >= 15 is 0 Å². The molecule has 0 radical (unpaired) electrons. The second kappa shape index (κ2) is 9.69. The molecule has 0 bridgehead atoms. The number of aryl methyl sites for hydroxylation is 2. The van der Waals surface area contributed by atoms with Gasteiger partial charge in [0.2, 0.25) is 5.91 Å². The first-order valence-corrected chi connectivity index (χ1v) is 10.7. The minimum absolute atomic E-state index is 0.0638. The van der Waals surface area contributed by atoms with Gasteiger partial charge >= 0.3 is 0 Å². The number of nitrogens with two attached hydrogens (primary N) is 1. The molecule has 0 aliphatic rings. The lowest BCUT2D eigenvalue weighted by atomic mass is 9.86. The van der Waals surface area contributed by atoms with E-state index in [1.54, 1.807) is 19.1 Å². The molecule has 0 aromatic heterocycles. The molecule has 5 nitrogen and oxygen atoms in total. The molecule has 3 rings (SSSR count). The number of amides is 1. The molecule has 0 aliphatic carbocycles. The number of rotatable bonds is 8. The monoisotopic (exact) mass is 428 g/mol. The summed E-state index contributed by atoms with van der Waals surface area (Å²) >= 11 is 0. The molecule has 5 heteroatoms. The van der Waals surface area contributed by atoms with Crippen molar-refractivity contribution in [2.75, 3.05) is 0 Å². The van der Waals surface area contributed by atoms with Crippen LogP contribution in [0.3, 0.4) is 0 Å². The van der Waals surface area contributed by atoms with Crippen LogP contribution in [0.2, 0.25) is 0 Å².